The van der Waals surface area contributed by atoms with Gasteiger partial charge in [0.2, 0.25) is 11.8 Å². The summed E-state index contributed by atoms with van der Waals surface area (Å²) in [5.74, 6) is 2.36. The second-order valence-corrected chi connectivity index (χ2v) is 12.0. The quantitative estimate of drug-likeness (QED) is 0.275. The molecule has 4 saturated heterocycles. The Bertz CT molecular complexity index is 943. The molecule has 0 aromatic heterocycles. The highest BCUT2D eigenvalue weighted by molar-refractivity contribution is 7.99. The van der Waals surface area contributed by atoms with Crippen molar-refractivity contribution in [1.29, 1.82) is 0 Å². The van der Waals surface area contributed by atoms with Crippen LogP contribution < -0.4 is 5.32 Å². The van der Waals surface area contributed by atoms with E-state index in [1.165, 1.54) is 77.4 Å². The molecule has 5 aliphatic rings. The molecule has 1 aromatic rings. The van der Waals surface area contributed by atoms with Gasteiger partial charge in [0.15, 0.2) is 0 Å². The fourth-order valence-electron chi connectivity index (χ4n) is 6.50. The number of benzene rings is 1. The number of thioether (sulfide) groups is 1. The van der Waals surface area contributed by atoms with Crippen LogP contribution in [-0.4, -0.2) is 59.0 Å². The third-order valence-corrected chi connectivity index (χ3v) is 9.74. The fraction of sp³-hybridized carbons (Fsp3) is 0.679. The Kier molecular flexibility index (Phi) is 8.13. The third kappa shape index (κ3) is 5.77. The maximum absolute atomic E-state index is 13.0. The number of nitrogens with zero attached hydrogens (tertiary/aromatic N) is 2. The van der Waals surface area contributed by atoms with Crippen LogP contribution in [0, 0.1) is 11.8 Å². The second kappa shape index (κ2) is 11.5. The molecule has 0 saturated carbocycles. The van der Waals surface area contributed by atoms with E-state index in [4.69, 9.17) is 0 Å². The van der Waals surface area contributed by atoms with Gasteiger partial charge in [0.05, 0.1) is 0 Å². The van der Waals surface area contributed by atoms with Gasteiger partial charge < -0.3 is 9.80 Å². The van der Waals surface area contributed by atoms with Crippen molar-refractivity contribution in [1.82, 2.24) is 15.1 Å². The zero-order valence-corrected chi connectivity index (χ0v) is 21.6. The number of hydrogen-bond donors (Lipinski definition) is 1. The van der Waals surface area contributed by atoms with E-state index in [0.29, 0.717) is 18.5 Å². The van der Waals surface area contributed by atoms with Gasteiger partial charge in [-0.2, -0.15) is 0 Å². The highest BCUT2D eigenvalue weighted by Gasteiger charge is 2.39. The van der Waals surface area contributed by atoms with E-state index in [0.717, 1.165) is 28.0 Å². The number of carbonyl (C=O) groups is 3. The number of rotatable bonds is 11. The number of hydrogen-bond acceptors (Lipinski definition) is 5. The van der Waals surface area contributed by atoms with Gasteiger partial charge in [-0.3, -0.25) is 19.7 Å². The van der Waals surface area contributed by atoms with Crippen molar-refractivity contribution >= 4 is 29.5 Å². The maximum Gasteiger partial charge on any atom is 0.255 e. The molecular weight excluding hydrogens is 458 g/mol. The Balaban J connectivity index is 0.995. The number of imide groups is 1. The Morgan fingerprint density at radius 1 is 0.943 bits per heavy atom. The van der Waals surface area contributed by atoms with Crippen molar-refractivity contribution in [3.63, 3.8) is 0 Å². The Labute approximate surface area is 213 Å². The molecule has 0 spiro atoms. The van der Waals surface area contributed by atoms with Gasteiger partial charge in [-0.15, -0.1) is 11.8 Å². The maximum atomic E-state index is 13.0. The largest absolute Gasteiger partial charge is 0.322 e. The van der Waals surface area contributed by atoms with E-state index in [-0.39, 0.29) is 24.1 Å². The fourth-order valence-corrected chi connectivity index (χ4v) is 7.60. The molecule has 2 atom stereocenters. The molecular formula is C28H39N3O3S. The minimum atomic E-state index is -0.545. The Hall–Kier alpha value is -1.86. The standard InChI is InChI=1S/C28H39N3O3S/c32-26-12-11-24(27(33)29-26)31-19-23-22(28(31)34)9-7-10-25(23)35-17-6-4-2-1-3-5-8-21-18-30-15-13-20(21)14-16-30/h7,9-10,20-21,24H,1-6,8,11-19H2,(H,29,32,33)/t21-,24?/m0/s1. The summed E-state index contributed by atoms with van der Waals surface area (Å²) in [6.45, 7) is 4.52. The molecule has 6 rings (SSSR count). The number of unbranched alkanes of at least 4 members (excludes halogenated alkanes) is 5. The minimum absolute atomic E-state index is 0.0878. The first kappa shape index (κ1) is 24.8. The highest BCUT2D eigenvalue weighted by Crippen LogP contribution is 2.36. The summed E-state index contributed by atoms with van der Waals surface area (Å²) >= 11 is 1.83. The summed E-state index contributed by atoms with van der Waals surface area (Å²) in [5, 5.41) is 2.38. The van der Waals surface area contributed by atoms with Crippen LogP contribution in [0.2, 0.25) is 0 Å². The zero-order chi connectivity index (χ0) is 24.2. The molecule has 5 heterocycles. The number of fused-ring (bicyclic) bond motifs is 4. The average molecular weight is 498 g/mol. The molecule has 3 amide bonds. The van der Waals surface area contributed by atoms with Crippen molar-refractivity contribution < 1.29 is 14.4 Å². The molecule has 7 heteroatoms. The summed E-state index contributed by atoms with van der Waals surface area (Å²) in [4.78, 5) is 42.2. The first-order valence-corrected chi connectivity index (χ1v) is 14.7. The van der Waals surface area contributed by atoms with E-state index in [1.54, 1.807) is 4.90 Å². The van der Waals surface area contributed by atoms with Gasteiger partial charge in [0.25, 0.3) is 5.91 Å². The summed E-state index contributed by atoms with van der Waals surface area (Å²) in [7, 11) is 0. The normalized spacial score (nSPS) is 27.9. The Morgan fingerprint density at radius 3 is 2.46 bits per heavy atom. The van der Waals surface area contributed by atoms with Crippen LogP contribution in [0.25, 0.3) is 0 Å². The number of nitrogens with one attached hydrogen (secondary N) is 1. The summed E-state index contributed by atoms with van der Waals surface area (Å²) in [5.41, 5.74) is 1.75. The Morgan fingerprint density at radius 2 is 1.71 bits per heavy atom. The van der Waals surface area contributed by atoms with Crippen molar-refractivity contribution in [2.75, 3.05) is 25.4 Å². The molecule has 6 nitrogen and oxygen atoms in total. The molecule has 35 heavy (non-hydrogen) atoms. The molecule has 0 aliphatic carbocycles. The van der Waals surface area contributed by atoms with Crippen LogP contribution in [0.3, 0.4) is 0 Å². The van der Waals surface area contributed by atoms with Crippen molar-refractivity contribution in [2.24, 2.45) is 11.8 Å². The third-order valence-electron chi connectivity index (χ3n) is 8.56. The zero-order valence-electron chi connectivity index (χ0n) is 20.8. The van der Waals surface area contributed by atoms with Crippen LogP contribution in [0.5, 0.6) is 0 Å². The first-order valence-electron chi connectivity index (χ1n) is 13.7. The lowest BCUT2D eigenvalue weighted by atomic mass is 9.77. The van der Waals surface area contributed by atoms with Crippen LogP contribution in [-0.2, 0) is 16.1 Å². The van der Waals surface area contributed by atoms with Crippen molar-refractivity contribution in [3.8, 4) is 0 Å². The molecule has 1 N–H and O–H groups in total. The van der Waals surface area contributed by atoms with Crippen molar-refractivity contribution in [3.05, 3.63) is 29.3 Å². The van der Waals surface area contributed by atoms with Crippen LogP contribution in [0.1, 0.15) is 86.6 Å². The minimum Gasteiger partial charge on any atom is -0.322 e. The van der Waals surface area contributed by atoms with Crippen LogP contribution in [0.15, 0.2) is 23.1 Å². The molecule has 0 radical (unpaired) electrons. The first-order chi connectivity index (χ1) is 17.1. The van der Waals surface area contributed by atoms with E-state index in [2.05, 4.69) is 16.3 Å². The van der Waals surface area contributed by atoms with E-state index in [1.807, 2.05) is 23.9 Å². The number of piperidine rings is 4. The number of carbonyl (C=O) groups excluding carboxylic acids is 3. The molecule has 190 valence electrons. The summed E-state index contributed by atoms with van der Waals surface area (Å²) < 4.78 is 0. The second-order valence-electron chi connectivity index (χ2n) is 10.8. The molecule has 1 aromatic carbocycles. The number of amides is 3. The van der Waals surface area contributed by atoms with Gasteiger partial charge in [-0.05, 0) is 80.5 Å². The van der Waals surface area contributed by atoms with Crippen molar-refractivity contribution in [2.45, 2.75) is 88.1 Å². The molecule has 1 unspecified atom stereocenters. The van der Waals surface area contributed by atoms with E-state index in [9.17, 15) is 14.4 Å². The van der Waals surface area contributed by atoms with Gasteiger partial charge in [0.1, 0.15) is 6.04 Å². The van der Waals surface area contributed by atoms with E-state index < -0.39 is 6.04 Å². The van der Waals surface area contributed by atoms with Crippen LogP contribution in [0.4, 0.5) is 0 Å². The molecule has 2 bridgehead atoms. The van der Waals surface area contributed by atoms with Gasteiger partial charge >= 0.3 is 0 Å². The van der Waals surface area contributed by atoms with Gasteiger partial charge in [-0.1, -0.05) is 38.2 Å². The smallest absolute Gasteiger partial charge is 0.255 e. The average Bonchev–Trinajstić information content (AvgIpc) is 3.20. The van der Waals surface area contributed by atoms with Crippen LogP contribution >= 0.6 is 11.8 Å². The summed E-state index contributed by atoms with van der Waals surface area (Å²) in [6.07, 6.45) is 12.9. The molecule has 4 fully saturated rings. The monoisotopic (exact) mass is 497 g/mol. The SMILES string of the molecule is O=C1CCC(N2Cc3c(SCCCCCCCC[C@H]4CN5CCC4CC5)cccc3C2=O)C(=O)N1. The van der Waals surface area contributed by atoms with Gasteiger partial charge in [-0.25, -0.2) is 0 Å². The van der Waals surface area contributed by atoms with E-state index >= 15 is 0 Å². The lowest BCUT2D eigenvalue weighted by Gasteiger charge is -2.45. The summed E-state index contributed by atoms with van der Waals surface area (Å²) in [6, 6.07) is 5.36. The topological polar surface area (TPSA) is 69.7 Å². The predicted octanol–water partition coefficient (Wildman–Crippen LogP) is 4.61. The lowest BCUT2D eigenvalue weighted by Crippen LogP contribution is -2.52. The lowest BCUT2D eigenvalue weighted by molar-refractivity contribution is -0.136. The van der Waals surface area contributed by atoms with Gasteiger partial charge in [0, 0.05) is 30.0 Å². The molecule has 5 aliphatic heterocycles. The highest BCUT2D eigenvalue weighted by atomic mass is 32.2. The predicted molar refractivity (Wildman–Crippen MR) is 138 cm³/mol.